The van der Waals surface area contributed by atoms with Crippen LogP contribution in [0.3, 0.4) is 0 Å². The Morgan fingerprint density at radius 1 is 0.535 bits per heavy atom. The number of hydrogen-bond acceptors (Lipinski definition) is 20. The minimum Gasteiger partial charge on any atom is -0.381 e. The van der Waals surface area contributed by atoms with E-state index in [0.29, 0.717) is 92.5 Å². The van der Waals surface area contributed by atoms with Gasteiger partial charge >= 0.3 is 30.4 Å². The van der Waals surface area contributed by atoms with Crippen molar-refractivity contribution >= 4 is 58.7 Å². The number of nitrogen functional groups attached to an aromatic ring is 1. The number of alkyl halides is 3. The number of fused-ring (bicyclic) bond motifs is 4. The number of nitrogens with one attached hydrogen (secondary N) is 1. The topological polar surface area (TPSA) is 472 Å². The maximum absolute atomic E-state index is 12.8. The third-order valence-corrected chi connectivity index (χ3v) is 14.0. The lowest BCUT2D eigenvalue weighted by Gasteiger charge is -2.14. The lowest BCUT2D eigenvalue weighted by atomic mass is 10.1. The molecule has 0 bridgehead atoms. The highest BCUT2D eigenvalue weighted by Crippen LogP contribution is 2.37. The molecule has 11 N–H and O–H groups in total. The zero-order valence-corrected chi connectivity index (χ0v) is 50.5. The van der Waals surface area contributed by atoms with Gasteiger partial charge < -0.3 is 68.8 Å². The van der Waals surface area contributed by atoms with Gasteiger partial charge in [-0.3, -0.25) is 23.1 Å². The van der Waals surface area contributed by atoms with E-state index in [-0.39, 0.29) is 11.4 Å². The van der Waals surface area contributed by atoms with E-state index in [1.54, 1.807) is 58.1 Å². The van der Waals surface area contributed by atoms with Crippen molar-refractivity contribution in [3.05, 3.63) is 100 Å². The summed E-state index contributed by atoms with van der Waals surface area (Å²) in [5.41, 5.74) is 12.5. The SMILES string of the molecule is Cc1ncnn2c(CCCC(CF)OCP(=O)(O)O)cnc12.Cc1ncnn2c(CCC[C@@H](CF)OCP(=O)(O)O)cnc12.Cc1nn2c(CC(C)OCP(=O)(O)O)ccc2c(=O)[nH]1.Nc1ncnn2c(CCC[C@H](CF)OCP(=O)(O)O)cnc12. The smallest absolute Gasteiger partial charge is 0.350 e. The quantitative estimate of drug-likeness (QED) is 0.0300. The van der Waals surface area contributed by atoms with Crippen molar-refractivity contribution in [3.8, 4) is 0 Å². The summed E-state index contributed by atoms with van der Waals surface area (Å²) in [6.07, 6.45) is 8.33. The summed E-state index contributed by atoms with van der Waals surface area (Å²) in [5, 5.41) is 16.5. The molecule has 0 aromatic carbocycles. The molecule has 8 rings (SSSR count). The number of nitrogens with two attached hydrogens (primary N) is 1. The van der Waals surface area contributed by atoms with Gasteiger partial charge in [0.25, 0.3) is 5.56 Å². The number of imidazole rings is 3. The van der Waals surface area contributed by atoms with Crippen molar-refractivity contribution < 1.29 is 89.5 Å². The summed E-state index contributed by atoms with van der Waals surface area (Å²) in [5.74, 6) is 0.761. The summed E-state index contributed by atoms with van der Waals surface area (Å²) < 4.78 is 107. The van der Waals surface area contributed by atoms with Gasteiger partial charge in [0.15, 0.2) is 22.8 Å². The molecule has 0 saturated heterocycles. The third kappa shape index (κ3) is 23.7. The van der Waals surface area contributed by atoms with E-state index >= 15 is 0 Å². The summed E-state index contributed by atoms with van der Waals surface area (Å²) in [4.78, 5) is 109. The van der Waals surface area contributed by atoms with Gasteiger partial charge in [-0.05, 0) is 97.6 Å². The number of aromatic amines is 1. The first kappa shape index (κ1) is 70.9. The number of aromatic nitrogens is 15. The molecular weight excluding hydrogens is 1230 g/mol. The molecule has 2 unspecified atom stereocenters. The zero-order valence-electron chi connectivity index (χ0n) is 47.0. The van der Waals surface area contributed by atoms with Crippen LogP contribution < -0.4 is 11.3 Å². The molecule has 0 aliphatic rings. The number of anilines is 1. The van der Waals surface area contributed by atoms with Crippen LogP contribution in [0, 0.1) is 20.8 Å². The van der Waals surface area contributed by atoms with Crippen molar-refractivity contribution in [1.82, 2.24) is 73.3 Å². The summed E-state index contributed by atoms with van der Waals surface area (Å²) >= 11 is 0. The molecule has 0 radical (unpaired) electrons. The van der Waals surface area contributed by atoms with E-state index in [0.717, 1.165) is 34.2 Å². The van der Waals surface area contributed by atoms with Gasteiger partial charge in [-0.25, -0.2) is 61.1 Å². The lowest BCUT2D eigenvalue weighted by molar-refractivity contribution is 0.0486. The molecule has 476 valence electrons. The highest BCUT2D eigenvalue weighted by Gasteiger charge is 2.22. The van der Waals surface area contributed by atoms with Crippen LogP contribution >= 0.6 is 30.4 Å². The van der Waals surface area contributed by atoms with E-state index < -0.39 is 100 Å². The molecule has 0 spiro atoms. The largest absolute Gasteiger partial charge is 0.381 e. The summed E-state index contributed by atoms with van der Waals surface area (Å²) in [7, 11) is -17.0. The average Bonchev–Trinajstić information content (AvgIpc) is 2.73. The van der Waals surface area contributed by atoms with Gasteiger partial charge in [-0.15, -0.1) is 0 Å². The maximum atomic E-state index is 12.8. The predicted octanol–water partition coefficient (Wildman–Crippen LogP) is 3.42. The van der Waals surface area contributed by atoms with Crippen LogP contribution in [0.2, 0.25) is 0 Å². The number of halogens is 3. The van der Waals surface area contributed by atoms with Crippen molar-refractivity contribution in [2.24, 2.45) is 0 Å². The van der Waals surface area contributed by atoms with Gasteiger partial charge in [-0.1, -0.05) is 0 Å². The monoisotopic (exact) mass is 1300 g/mol. The highest BCUT2D eigenvalue weighted by atomic mass is 31.2. The Morgan fingerprint density at radius 2 is 0.907 bits per heavy atom. The number of aryl methyl sites for hydroxylation is 6. The molecule has 0 amide bonds. The third-order valence-electron chi connectivity index (χ3n) is 12.1. The van der Waals surface area contributed by atoms with Gasteiger partial charge in [-0.2, -0.15) is 20.4 Å². The molecular formula is C46H69F3N16O17P4. The molecule has 33 nitrogen and oxygen atoms in total. The Labute approximate surface area is 487 Å². The van der Waals surface area contributed by atoms with E-state index in [4.69, 9.17) is 63.8 Å². The molecule has 8 aromatic heterocycles. The molecule has 8 aromatic rings. The van der Waals surface area contributed by atoms with E-state index in [1.165, 1.54) is 23.5 Å². The minimum absolute atomic E-state index is 0.229. The highest BCUT2D eigenvalue weighted by molar-refractivity contribution is 7.52. The van der Waals surface area contributed by atoms with Crippen LogP contribution in [0.1, 0.15) is 85.4 Å². The van der Waals surface area contributed by atoms with Gasteiger partial charge in [0.2, 0.25) is 0 Å². The van der Waals surface area contributed by atoms with E-state index in [1.807, 2.05) is 13.8 Å². The van der Waals surface area contributed by atoms with Crippen LogP contribution in [-0.2, 0) is 62.9 Å². The second-order valence-electron chi connectivity index (χ2n) is 19.3. The normalized spacial score (nSPS) is 13.7. The summed E-state index contributed by atoms with van der Waals surface area (Å²) in [6.45, 7) is 4.68. The molecule has 8 heterocycles. The standard InChI is InChI=1S/2C12H18FN4O4P.C11H17FN5O4P.C11H16N3O5P/c2*1-9-12-14-6-10(17(12)16-7-15-9)3-2-4-11(5-13)21-8-22(18,19)20;12-4-9(21-7-22(18,19)20)3-1-2-8-5-14-11-10(13)15-6-16-17(8)11;1-7(19-6-20(16,17)18)5-9-3-4-10-11(15)12-8(2)13-14(9)10/h2*6-7,11H,2-5,8H2,1H3,(H2,18,19,20);5-6,9H,1-4,7H2,(H2,13,15,16)(H2,18,19,20);3-4,7H,5-6H2,1-2H3,(H,12,13,15)(H2,16,17,18)/t11-;;9-;/m0.1./s1. The van der Waals surface area contributed by atoms with Gasteiger partial charge in [0.1, 0.15) is 75.7 Å². The Morgan fingerprint density at radius 3 is 1.30 bits per heavy atom. The second-order valence-corrected chi connectivity index (χ2v) is 25.7. The van der Waals surface area contributed by atoms with Crippen LogP contribution in [0.4, 0.5) is 19.0 Å². The second kappa shape index (κ2) is 32.9. The number of ether oxygens (including phenoxy) is 4. The van der Waals surface area contributed by atoms with E-state index in [9.17, 15) is 36.2 Å². The summed E-state index contributed by atoms with van der Waals surface area (Å²) in [6, 6.07) is 3.39. The van der Waals surface area contributed by atoms with Crippen LogP contribution in [-0.4, -0.2) is 182 Å². The Bertz CT molecular complexity index is 3410. The first-order chi connectivity index (χ1) is 40.5. The maximum Gasteiger partial charge on any atom is 0.350 e. The molecule has 0 saturated carbocycles. The molecule has 4 atom stereocenters. The van der Waals surface area contributed by atoms with Crippen molar-refractivity contribution in [3.63, 3.8) is 0 Å². The fourth-order valence-corrected chi connectivity index (χ4v) is 9.67. The fourth-order valence-electron chi connectivity index (χ4n) is 8.00. The fraction of sp³-hybridized carbons (Fsp3) is 0.543. The molecule has 86 heavy (non-hydrogen) atoms. The van der Waals surface area contributed by atoms with Gasteiger partial charge in [0.05, 0.1) is 71.5 Å². The van der Waals surface area contributed by atoms with Crippen LogP contribution in [0.5, 0.6) is 0 Å². The molecule has 0 fully saturated rings. The molecule has 40 heteroatoms. The Hall–Kier alpha value is -5.90. The van der Waals surface area contributed by atoms with Crippen molar-refractivity contribution in [2.75, 3.05) is 51.1 Å². The lowest BCUT2D eigenvalue weighted by Crippen LogP contribution is -2.18. The zero-order chi connectivity index (χ0) is 63.4. The number of H-pyrrole nitrogens is 1. The first-order valence-electron chi connectivity index (χ1n) is 26.1. The minimum atomic E-state index is -4.28. The predicted molar refractivity (Wildman–Crippen MR) is 300 cm³/mol. The number of hydrogen-bond donors (Lipinski definition) is 10. The van der Waals surface area contributed by atoms with Crippen LogP contribution in [0.25, 0.3) is 22.5 Å². The molecule has 0 aliphatic heterocycles. The van der Waals surface area contributed by atoms with E-state index in [2.05, 4.69) is 55.3 Å². The number of rotatable bonds is 29. The first-order valence-corrected chi connectivity index (χ1v) is 33.3. The van der Waals surface area contributed by atoms with Crippen molar-refractivity contribution in [2.45, 2.75) is 116 Å². The van der Waals surface area contributed by atoms with Crippen LogP contribution in [0.15, 0.2) is 54.5 Å². The Balaban J connectivity index is 0.000000209. The van der Waals surface area contributed by atoms with Crippen molar-refractivity contribution in [1.29, 1.82) is 0 Å². The number of nitrogens with zero attached hydrogens (tertiary/aromatic N) is 14. The molecule has 0 aliphatic carbocycles. The Kier molecular flexibility index (Phi) is 27.1. The average molecular weight is 1300 g/mol. The van der Waals surface area contributed by atoms with Gasteiger partial charge in [0, 0.05) is 12.1 Å².